The third-order valence-corrected chi connectivity index (χ3v) is 12.3. The molecule has 264 valence electrons. The number of benzene rings is 3. The maximum absolute atomic E-state index is 14.7. The van der Waals surface area contributed by atoms with Gasteiger partial charge in [-0.25, -0.2) is 0 Å². The van der Waals surface area contributed by atoms with Gasteiger partial charge in [-0.05, 0) is 100 Å². The molecule has 9 heteroatoms. The molecule has 0 fully saturated rings. The van der Waals surface area contributed by atoms with Crippen LogP contribution >= 0.6 is 30.5 Å². The van der Waals surface area contributed by atoms with Crippen LogP contribution in [-0.2, 0) is 21.7 Å². The number of methoxy groups -OCH3 is 2. The van der Waals surface area contributed by atoms with Crippen molar-refractivity contribution in [2.24, 2.45) is 0 Å². The van der Waals surface area contributed by atoms with Gasteiger partial charge in [0.05, 0.1) is 24.4 Å². The molecule has 0 saturated carbocycles. The number of alkyl halides is 2. The summed E-state index contributed by atoms with van der Waals surface area (Å²) in [6.07, 6.45) is -3.80. The van der Waals surface area contributed by atoms with E-state index in [0.29, 0.717) is 3.57 Å². The minimum Gasteiger partial charge on any atom is -0.496 e. The van der Waals surface area contributed by atoms with Crippen LogP contribution in [0.1, 0.15) is 112 Å². The van der Waals surface area contributed by atoms with Crippen LogP contribution in [0.15, 0.2) is 30.3 Å². The van der Waals surface area contributed by atoms with Gasteiger partial charge >= 0.3 is 6.29 Å². The van der Waals surface area contributed by atoms with E-state index in [2.05, 4.69) is 130 Å². The van der Waals surface area contributed by atoms with Crippen molar-refractivity contribution in [1.29, 1.82) is 0 Å². The Labute approximate surface area is 301 Å². The van der Waals surface area contributed by atoms with E-state index in [0.717, 1.165) is 49.7 Å². The second kappa shape index (κ2) is 13.1. The molecule has 0 aromatic heterocycles. The number of hydrogen-bond donors (Lipinski definition) is 0. The van der Waals surface area contributed by atoms with Crippen LogP contribution in [0.2, 0.25) is 0 Å². The predicted molar refractivity (Wildman–Crippen MR) is 203 cm³/mol. The first-order chi connectivity index (χ1) is 21.9. The molecule has 1 aliphatic heterocycles. The van der Waals surface area contributed by atoms with Gasteiger partial charge in [-0.1, -0.05) is 83.1 Å². The normalized spacial score (nSPS) is 14.8. The van der Waals surface area contributed by atoms with Crippen molar-refractivity contribution >= 4 is 46.4 Å². The summed E-state index contributed by atoms with van der Waals surface area (Å²) in [5, 5.41) is 2.97. The van der Waals surface area contributed by atoms with Crippen LogP contribution in [0.3, 0.4) is 0 Å². The van der Waals surface area contributed by atoms with E-state index >= 15 is 0 Å². The lowest BCUT2D eigenvalue weighted by Gasteiger charge is -2.34. The van der Waals surface area contributed by atoms with Gasteiger partial charge in [-0.2, -0.15) is 0 Å². The van der Waals surface area contributed by atoms with Crippen LogP contribution < -0.4 is 39.6 Å². The average molecular weight is 797 g/mol. The summed E-state index contributed by atoms with van der Waals surface area (Å²) in [6.45, 7) is 28.3. The number of ether oxygens (including phenoxy) is 5. The first-order valence-corrected chi connectivity index (χ1v) is 18.8. The summed E-state index contributed by atoms with van der Waals surface area (Å²) in [7, 11) is 2.06. The molecule has 5 nitrogen and oxygen atoms in total. The minimum absolute atomic E-state index is 0.00440. The molecule has 0 saturated heterocycles. The smallest absolute Gasteiger partial charge is 0.496 e. The molecule has 0 aliphatic carbocycles. The van der Waals surface area contributed by atoms with Crippen LogP contribution in [0.5, 0.6) is 28.7 Å². The lowest BCUT2D eigenvalue weighted by Crippen LogP contribution is -2.30. The molecule has 4 rings (SSSR count). The van der Waals surface area contributed by atoms with Crippen molar-refractivity contribution in [2.45, 2.75) is 118 Å². The van der Waals surface area contributed by atoms with Gasteiger partial charge in [0.25, 0.3) is 0 Å². The SMILES string of the molecule is CCOc1cc(P(c2cc(C(C)(C)C)c(OC)c(C(C)(C)C)c2)c2cc(C(C)(C)C)c(OC)c(C(C)(C)C)c2)c(I)c2c1OC(F)(F)O2. The molecule has 0 radical (unpaired) electrons. The van der Waals surface area contributed by atoms with Gasteiger partial charge in [0.1, 0.15) is 11.5 Å². The van der Waals surface area contributed by atoms with Crippen molar-refractivity contribution in [2.75, 3.05) is 20.8 Å². The molecule has 0 spiro atoms. The van der Waals surface area contributed by atoms with Crippen molar-refractivity contribution in [1.82, 2.24) is 0 Å². The van der Waals surface area contributed by atoms with Crippen molar-refractivity contribution in [3.8, 4) is 28.7 Å². The number of hydrogen-bond acceptors (Lipinski definition) is 5. The van der Waals surface area contributed by atoms with E-state index in [1.165, 1.54) is 0 Å². The molecule has 48 heavy (non-hydrogen) atoms. The molecule has 3 aromatic rings. The molecule has 0 amide bonds. The van der Waals surface area contributed by atoms with Crippen LogP contribution in [0.4, 0.5) is 8.78 Å². The third kappa shape index (κ3) is 7.55. The molecule has 0 bridgehead atoms. The standard InChI is InChI=1S/C39H52F2IO5P/c1-16-45-28-21-29(30(42)34-33(28)46-39(40,41)47-34)48(22-17-24(35(2,3)4)31(43-14)25(18-22)36(5,6)7)23-19-26(37(8,9)10)32(44-15)27(20-23)38(11,12)13/h17-21H,16H2,1-15H3. The first-order valence-electron chi connectivity index (χ1n) is 16.4. The molecule has 3 aromatic carbocycles. The van der Waals surface area contributed by atoms with Crippen molar-refractivity contribution in [3.63, 3.8) is 0 Å². The Morgan fingerprint density at radius 2 is 1.00 bits per heavy atom. The summed E-state index contributed by atoms with van der Waals surface area (Å²) in [5.41, 5.74) is 3.29. The quantitative estimate of drug-likeness (QED) is 0.176. The molecular formula is C39H52F2IO5P. The van der Waals surface area contributed by atoms with Gasteiger partial charge in [-0.3, -0.25) is 0 Å². The Morgan fingerprint density at radius 3 is 1.31 bits per heavy atom. The fourth-order valence-corrected chi connectivity index (χ4v) is 9.70. The Kier molecular flexibility index (Phi) is 10.5. The molecule has 0 unspecified atom stereocenters. The fraction of sp³-hybridized carbons (Fsp3) is 0.538. The minimum atomic E-state index is -3.80. The molecule has 1 aliphatic rings. The monoisotopic (exact) mass is 796 g/mol. The summed E-state index contributed by atoms with van der Waals surface area (Å²) >= 11 is 2.14. The van der Waals surface area contributed by atoms with Gasteiger partial charge < -0.3 is 23.7 Å². The average Bonchev–Trinajstić information content (AvgIpc) is 3.28. The predicted octanol–water partition coefficient (Wildman–Crippen LogP) is 9.98. The number of halogens is 3. The van der Waals surface area contributed by atoms with Crippen LogP contribution in [0, 0.1) is 3.57 Å². The zero-order chi connectivity index (χ0) is 36.4. The lowest BCUT2D eigenvalue weighted by molar-refractivity contribution is -0.287. The zero-order valence-electron chi connectivity index (χ0n) is 31.2. The van der Waals surface area contributed by atoms with Crippen LogP contribution in [-0.4, -0.2) is 27.1 Å². The highest BCUT2D eigenvalue weighted by molar-refractivity contribution is 14.1. The summed E-state index contributed by atoms with van der Waals surface area (Å²) in [5.74, 6) is 1.88. The summed E-state index contributed by atoms with van der Waals surface area (Å²) in [6, 6.07) is 10.8. The van der Waals surface area contributed by atoms with E-state index < -0.39 is 14.2 Å². The van der Waals surface area contributed by atoms with E-state index in [1.807, 2.05) is 13.0 Å². The second-order valence-corrected chi connectivity index (χ2v) is 19.7. The van der Waals surface area contributed by atoms with E-state index in [-0.39, 0.29) is 45.5 Å². The maximum Gasteiger partial charge on any atom is 0.586 e. The highest BCUT2D eigenvalue weighted by Crippen LogP contribution is 2.53. The van der Waals surface area contributed by atoms with Gasteiger partial charge in [0.15, 0.2) is 11.5 Å². The number of fused-ring (bicyclic) bond motifs is 1. The maximum atomic E-state index is 14.7. The number of rotatable bonds is 7. The van der Waals surface area contributed by atoms with Crippen molar-refractivity contribution in [3.05, 3.63) is 56.2 Å². The highest BCUT2D eigenvalue weighted by Gasteiger charge is 2.47. The largest absolute Gasteiger partial charge is 0.586 e. The third-order valence-electron chi connectivity index (χ3n) is 8.41. The van der Waals surface area contributed by atoms with Crippen LogP contribution in [0.25, 0.3) is 0 Å². The lowest BCUT2D eigenvalue weighted by atomic mass is 9.79. The van der Waals surface area contributed by atoms with E-state index in [9.17, 15) is 8.78 Å². The van der Waals surface area contributed by atoms with E-state index in [4.69, 9.17) is 23.7 Å². The Balaban J connectivity index is 2.27. The first kappa shape index (κ1) is 38.5. The van der Waals surface area contributed by atoms with Crippen molar-refractivity contribution < 1.29 is 32.5 Å². The Bertz CT molecular complexity index is 1540. The van der Waals surface area contributed by atoms with E-state index in [1.54, 1.807) is 14.2 Å². The topological polar surface area (TPSA) is 46.2 Å². The van der Waals surface area contributed by atoms with Gasteiger partial charge in [0, 0.05) is 27.6 Å². The molecule has 0 atom stereocenters. The highest BCUT2D eigenvalue weighted by atomic mass is 127. The fourth-order valence-electron chi connectivity index (χ4n) is 6.03. The Morgan fingerprint density at radius 1 is 0.646 bits per heavy atom. The summed E-state index contributed by atoms with van der Waals surface area (Å²) in [4.78, 5) is 0. The molecular weight excluding hydrogens is 744 g/mol. The summed E-state index contributed by atoms with van der Waals surface area (Å²) < 4.78 is 58.4. The zero-order valence-corrected chi connectivity index (χ0v) is 34.3. The van der Waals surface area contributed by atoms with Gasteiger partial charge in [0.2, 0.25) is 5.75 Å². The second-order valence-electron chi connectivity index (χ2n) is 16.5. The molecule has 1 heterocycles. The van der Waals surface area contributed by atoms with Gasteiger partial charge in [-0.15, -0.1) is 8.78 Å². The molecule has 0 N–H and O–H groups in total. The Hall–Kier alpha value is -2.32.